The molecule has 0 spiro atoms. The van der Waals surface area contributed by atoms with Gasteiger partial charge in [0.2, 0.25) is 0 Å². The zero-order valence-corrected chi connectivity index (χ0v) is 31.4. The summed E-state index contributed by atoms with van der Waals surface area (Å²) in [6.45, 7) is 7.17. The molecule has 0 radical (unpaired) electrons. The first-order valence-corrected chi connectivity index (χ1v) is 19.6. The number of rotatable bonds is 5. The molecule has 11 rings (SSSR count). The topological polar surface area (TPSA) is 15.7 Å². The van der Waals surface area contributed by atoms with Gasteiger partial charge in [-0.1, -0.05) is 129 Å². The summed E-state index contributed by atoms with van der Waals surface area (Å²) in [5.41, 5.74) is 15.9. The second kappa shape index (κ2) is 11.8. The van der Waals surface area contributed by atoms with Gasteiger partial charge in [0.05, 0.1) is 11.7 Å². The summed E-state index contributed by atoms with van der Waals surface area (Å²) >= 11 is 0. The molecule has 3 heteroatoms. The van der Waals surface area contributed by atoms with E-state index in [2.05, 4.69) is 213 Å². The summed E-state index contributed by atoms with van der Waals surface area (Å²) < 4.78 is 7.04. The predicted molar refractivity (Wildman–Crippen MR) is 228 cm³/mol. The molecule has 6 aromatic rings. The van der Waals surface area contributed by atoms with Crippen LogP contribution in [0.2, 0.25) is 0 Å². The van der Waals surface area contributed by atoms with Crippen LogP contribution in [0.15, 0.2) is 182 Å². The van der Waals surface area contributed by atoms with E-state index < -0.39 is 0 Å². The Bertz CT molecular complexity index is 2590. The molecule has 0 aromatic heterocycles. The predicted octanol–water partition coefficient (Wildman–Crippen LogP) is 13.0. The summed E-state index contributed by atoms with van der Waals surface area (Å²) in [6, 6.07) is 49.1. The van der Waals surface area contributed by atoms with Crippen molar-refractivity contribution in [1.29, 1.82) is 0 Å². The van der Waals surface area contributed by atoms with E-state index in [0.717, 1.165) is 28.5 Å². The lowest BCUT2D eigenvalue weighted by Gasteiger charge is -2.35. The summed E-state index contributed by atoms with van der Waals surface area (Å²) in [7, 11) is 0. The van der Waals surface area contributed by atoms with E-state index in [1.54, 1.807) is 0 Å². The van der Waals surface area contributed by atoms with Crippen LogP contribution < -0.4 is 14.5 Å². The number of anilines is 5. The Hall–Kier alpha value is -6.32. The van der Waals surface area contributed by atoms with E-state index in [1.165, 1.54) is 50.2 Å². The van der Waals surface area contributed by atoms with Gasteiger partial charge in [-0.15, -0.1) is 0 Å². The lowest BCUT2D eigenvalue weighted by molar-refractivity contribution is 0.269. The maximum absolute atomic E-state index is 7.04. The molecule has 2 heterocycles. The number of benzene rings is 6. The molecule has 6 aromatic carbocycles. The zero-order chi connectivity index (χ0) is 36.9. The molecule has 3 nitrogen and oxygen atoms in total. The second-order valence-electron chi connectivity index (χ2n) is 16.2. The van der Waals surface area contributed by atoms with Crippen molar-refractivity contribution < 1.29 is 4.74 Å². The number of allylic oxidation sites excluding steroid dienone is 4. The van der Waals surface area contributed by atoms with E-state index in [0.29, 0.717) is 0 Å². The van der Waals surface area contributed by atoms with Crippen molar-refractivity contribution in [2.45, 2.75) is 49.7 Å². The fraction of sp³-hybridized carbons (Fsp3) is 0.154. The molecule has 4 atom stereocenters. The van der Waals surface area contributed by atoms with Crippen LogP contribution in [0, 0.1) is 0 Å². The highest BCUT2D eigenvalue weighted by Crippen LogP contribution is 2.62. The fourth-order valence-corrected chi connectivity index (χ4v) is 10.1. The molecule has 0 amide bonds. The highest BCUT2D eigenvalue weighted by atomic mass is 16.5. The molecule has 2 aliphatic heterocycles. The molecule has 0 N–H and O–H groups in total. The first-order valence-electron chi connectivity index (χ1n) is 19.6. The Morgan fingerprint density at radius 3 is 2.00 bits per heavy atom. The Balaban J connectivity index is 1.11. The van der Waals surface area contributed by atoms with Crippen molar-refractivity contribution in [2.24, 2.45) is 0 Å². The van der Waals surface area contributed by atoms with Crippen LogP contribution >= 0.6 is 0 Å². The van der Waals surface area contributed by atoms with Gasteiger partial charge in [-0.25, -0.2) is 0 Å². The molecule has 0 saturated carbocycles. The van der Waals surface area contributed by atoms with Crippen molar-refractivity contribution in [2.75, 3.05) is 9.80 Å². The summed E-state index contributed by atoms with van der Waals surface area (Å²) in [6.07, 6.45) is 18.1. The van der Waals surface area contributed by atoms with Crippen molar-refractivity contribution in [3.05, 3.63) is 204 Å². The number of fused-ring (bicyclic) bond motifs is 10. The first kappa shape index (κ1) is 32.1. The third-order valence-corrected chi connectivity index (χ3v) is 12.8. The molecule has 4 unspecified atom stereocenters. The molecule has 5 aliphatic rings. The van der Waals surface area contributed by atoms with Gasteiger partial charge in [-0.2, -0.15) is 0 Å². The Morgan fingerprint density at radius 2 is 1.24 bits per heavy atom. The summed E-state index contributed by atoms with van der Waals surface area (Å²) in [5, 5.41) is 0. The quantitative estimate of drug-likeness (QED) is 0.177. The monoisotopic (exact) mass is 710 g/mol. The van der Waals surface area contributed by atoms with Gasteiger partial charge in [0.15, 0.2) is 0 Å². The lowest BCUT2D eigenvalue weighted by atomic mass is 9.72. The number of nitrogens with zero attached hydrogens (tertiary/aromatic N) is 2. The Morgan fingerprint density at radius 1 is 0.582 bits per heavy atom. The van der Waals surface area contributed by atoms with Crippen molar-refractivity contribution in [3.63, 3.8) is 0 Å². The normalized spacial score (nSPS) is 22.7. The van der Waals surface area contributed by atoms with Crippen LogP contribution in [0.4, 0.5) is 28.4 Å². The van der Waals surface area contributed by atoms with Gasteiger partial charge in [-0.3, -0.25) is 0 Å². The molecular formula is C52H42N2O. The third-order valence-electron chi connectivity index (χ3n) is 12.8. The van der Waals surface area contributed by atoms with Crippen molar-refractivity contribution >= 4 is 28.4 Å². The standard InChI is InChI=1S/C52H42N2O/c1-51(2)44-22-12-10-20-39(44)40-30-25-34(32-45(40)51)42-33-43-41-21-11-13-23-46(41)55-50(43)49-48(42)52(3)31-15-14-24-47(52)54(49)38-28-26-37(27-29-38)53(35-16-6-4-7-17-35)36-18-8-5-9-19-36/h4-33,41,46-47H,1-3H3. The highest BCUT2D eigenvalue weighted by Gasteiger charge is 2.52. The van der Waals surface area contributed by atoms with E-state index in [9.17, 15) is 0 Å². The van der Waals surface area contributed by atoms with Crippen molar-refractivity contribution in [1.82, 2.24) is 0 Å². The van der Waals surface area contributed by atoms with Gasteiger partial charge in [0, 0.05) is 45.1 Å². The lowest BCUT2D eigenvalue weighted by Crippen LogP contribution is -2.39. The molecule has 0 saturated heterocycles. The maximum atomic E-state index is 7.04. The largest absolute Gasteiger partial charge is 0.483 e. The van der Waals surface area contributed by atoms with Crippen LogP contribution in [0.5, 0.6) is 5.75 Å². The Kier molecular flexibility index (Phi) is 6.92. The SMILES string of the molecule is CC1(C)c2ccccc2-c2ccc(-c3cc4c(c5c3C3(C)C=CC=CC3N5c3ccc(N(c5ccccc5)c5ccccc5)cc3)OC3C=CC=CC43)cc21. The maximum Gasteiger partial charge on any atom is 0.148 e. The third kappa shape index (κ3) is 4.62. The number of hydrogen-bond acceptors (Lipinski definition) is 3. The van der Waals surface area contributed by atoms with Gasteiger partial charge in [0.25, 0.3) is 0 Å². The summed E-state index contributed by atoms with van der Waals surface area (Å²) in [5.74, 6) is 1.17. The number of ether oxygens (including phenoxy) is 1. The molecule has 3 aliphatic carbocycles. The van der Waals surface area contributed by atoms with Crippen LogP contribution in [-0.4, -0.2) is 12.1 Å². The van der Waals surface area contributed by atoms with E-state index >= 15 is 0 Å². The van der Waals surface area contributed by atoms with Gasteiger partial charge in [-0.05, 0) is 113 Å². The van der Waals surface area contributed by atoms with Gasteiger partial charge in [0.1, 0.15) is 11.9 Å². The Labute approximate surface area is 323 Å². The van der Waals surface area contributed by atoms with E-state index in [1.807, 2.05) is 0 Å². The van der Waals surface area contributed by atoms with E-state index in [4.69, 9.17) is 4.74 Å². The smallest absolute Gasteiger partial charge is 0.148 e. The van der Waals surface area contributed by atoms with Crippen LogP contribution in [0.3, 0.4) is 0 Å². The highest BCUT2D eigenvalue weighted by molar-refractivity contribution is 5.93. The first-order chi connectivity index (χ1) is 26.9. The molecule has 266 valence electrons. The van der Waals surface area contributed by atoms with Crippen LogP contribution in [0.1, 0.15) is 48.9 Å². The molecular weight excluding hydrogens is 669 g/mol. The minimum absolute atomic E-state index is 0.0242. The number of para-hydroxylation sites is 2. The minimum atomic E-state index is -0.298. The summed E-state index contributed by atoms with van der Waals surface area (Å²) in [4.78, 5) is 4.89. The average molecular weight is 711 g/mol. The minimum Gasteiger partial charge on any atom is -0.483 e. The second-order valence-corrected chi connectivity index (χ2v) is 16.2. The fourth-order valence-electron chi connectivity index (χ4n) is 10.1. The molecule has 0 fully saturated rings. The van der Waals surface area contributed by atoms with Gasteiger partial charge < -0.3 is 14.5 Å². The average Bonchev–Trinajstić information content (AvgIpc) is 3.82. The van der Waals surface area contributed by atoms with Crippen LogP contribution in [-0.2, 0) is 10.8 Å². The van der Waals surface area contributed by atoms with Gasteiger partial charge >= 0.3 is 0 Å². The molecule has 0 bridgehead atoms. The van der Waals surface area contributed by atoms with Crippen LogP contribution in [0.25, 0.3) is 22.3 Å². The number of hydrogen-bond donors (Lipinski definition) is 0. The van der Waals surface area contributed by atoms with E-state index in [-0.39, 0.29) is 28.9 Å². The molecule has 55 heavy (non-hydrogen) atoms. The van der Waals surface area contributed by atoms with Crippen molar-refractivity contribution in [3.8, 4) is 28.0 Å². The zero-order valence-electron chi connectivity index (χ0n) is 31.4.